The first-order chi connectivity index (χ1) is 11.0. The van der Waals surface area contributed by atoms with Crippen LogP contribution in [0.25, 0.3) is 11.1 Å². The van der Waals surface area contributed by atoms with Crippen LogP contribution in [0.15, 0.2) is 47.8 Å². The van der Waals surface area contributed by atoms with E-state index in [0.29, 0.717) is 20.5 Å². The lowest BCUT2D eigenvalue weighted by Crippen LogP contribution is -1.98. The molecule has 0 bridgehead atoms. The van der Waals surface area contributed by atoms with Crippen molar-refractivity contribution in [2.24, 2.45) is 0 Å². The molecule has 23 heavy (non-hydrogen) atoms. The van der Waals surface area contributed by atoms with E-state index in [1.54, 1.807) is 35.7 Å². The largest absolute Gasteiger partial charge is 0.507 e. The summed E-state index contributed by atoms with van der Waals surface area (Å²) in [6, 6.07) is 10.8. The quantitative estimate of drug-likeness (QED) is 0.614. The fraction of sp³-hybridized carbons (Fsp3) is 0. The van der Waals surface area contributed by atoms with E-state index in [1.807, 2.05) is 0 Å². The second-order valence-electron chi connectivity index (χ2n) is 4.85. The van der Waals surface area contributed by atoms with E-state index in [1.165, 1.54) is 23.5 Å². The molecule has 0 aliphatic rings. The normalized spacial score (nSPS) is 10.7. The number of ketones is 1. The summed E-state index contributed by atoms with van der Waals surface area (Å²) in [5.41, 5.74) is 0.851. The zero-order chi connectivity index (χ0) is 16.6. The minimum absolute atomic E-state index is 0.178. The van der Waals surface area contributed by atoms with E-state index in [4.69, 9.17) is 23.2 Å². The highest BCUT2D eigenvalue weighted by molar-refractivity contribution is 7.12. The number of halogens is 2. The van der Waals surface area contributed by atoms with Gasteiger partial charge < -0.3 is 10.2 Å². The topological polar surface area (TPSA) is 57.5 Å². The van der Waals surface area contributed by atoms with Crippen LogP contribution in [0.1, 0.15) is 15.2 Å². The summed E-state index contributed by atoms with van der Waals surface area (Å²) in [6.07, 6.45) is 0. The molecule has 0 fully saturated rings. The van der Waals surface area contributed by atoms with Gasteiger partial charge in [0, 0.05) is 15.6 Å². The fourth-order valence-electron chi connectivity index (χ4n) is 2.29. The Morgan fingerprint density at radius 3 is 2.09 bits per heavy atom. The van der Waals surface area contributed by atoms with Crippen LogP contribution in [0.2, 0.25) is 10.0 Å². The molecule has 0 unspecified atom stereocenters. The van der Waals surface area contributed by atoms with Crippen molar-refractivity contribution in [3.05, 3.63) is 68.3 Å². The fourth-order valence-corrected chi connectivity index (χ4v) is 3.50. The van der Waals surface area contributed by atoms with Gasteiger partial charge in [-0.05, 0) is 47.3 Å². The van der Waals surface area contributed by atoms with Crippen molar-refractivity contribution in [1.29, 1.82) is 0 Å². The summed E-state index contributed by atoms with van der Waals surface area (Å²) < 4.78 is 0. The Morgan fingerprint density at radius 2 is 1.57 bits per heavy atom. The van der Waals surface area contributed by atoms with E-state index in [9.17, 15) is 15.0 Å². The third-order valence-electron chi connectivity index (χ3n) is 3.26. The molecule has 0 aliphatic carbocycles. The van der Waals surface area contributed by atoms with Crippen molar-refractivity contribution < 1.29 is 15.0 Å². The zero-order valence-electron chi connectivity index (χ0n) is 11.6. The van der Waals surface area contributed by atoms with E-state index in [2.05, 4.69) is 0 Å². The molecular weight excluding hydrogens is 355 g/mol. The molecule has 2 aromatic carbocycles. The molecule has 1 aromatic heterocycles. The van der Waals surface area contributed by atoms with Gasteiger partial charge in [0.1, 0.15) is 11.5 Å². The molecule has 1 heterocycles. The number of hydrogen-bond donors (Lipinski definition) is 2. The lowest BCUT2D eigenvalue weighted by molar-refractivity contribution is 0.104. The van der Waals surface area contributed by atoms with Gasteiger partial charge in [-0.3, -0.25) is 4.79 Å². The molecule has 0 atom stereocenters. The summed E-state index contributed by atoms with van der Waals surface area (Å²) in [4.78, 5) is 12.8. The highest BCUT2D eigenvalue weighted by Gasteiger charge is 2.18. The predicted octanol–water partition coefficient (Wildman–Crippen LogP) is 5.36. The maximum Gasteiger partial charge on any atom is 0.203 e. The number of rotatable bonds is 3. The summed E-state index contributed by atoms with van der Waals surface area (Å²) in [5.74, 6) is -0.701. The molecule has 3 aromatic rings. The van der Waals surface area contributed by atoms with Crippen LogP contribution in [0.3, 0.4) is 0 Å². The van der Waals surface area contributed by atoms with Gasteiger partial charge >= 0.3 is 0 Å². The maximum absolute atomic E-state index is 12.3. The minimum Gasteiger partial charge on any atom is -0.507 e. The lowest BCUT2D eigenvalue weighted by Gasteiger charge is -2.10. The van der Waals surface area contributed by atoms with Gasteiger partial charge in [-0.1, -0.05) is 29.3 Å². The molecule has 0 radical (unpaired) electrons. The van der Waals surface area contributed by atoms with Crippen LogP contribution >= 0.6 is 34.5 Å². The molecule has 0 aliphatic heterocycles. The van der Waals surface area contributed by atoms with E-state index >= 15 is 0 Å². The van der Waals surface area contributed by atoms with Gasteiger partial charge in [0.25, 0.3) is 0 Å². The number of carbonyl (C=O) groups excluding carboxylic acids is 1. The first-order valence-corrected chi connectivity index (χ1v) is 8.20. The van der Waals surface area contributed by atoms with E-state index < -0.39 is 0 Å². The van der Waals surface area contributed by atoms with Gasteiger partial charge in [0.05, 0.1) is 10.4 Å². The molecule has 0 saturated carbocycles. The number of phenolic OH excluding ortho intramolecular Hbond substituents is 2. The Morgan fingerprint density at radius 1 is 0.957 bits per heavy atom. The molecule has 0 saturated heterocycles. The van der Waals surface area contributed by atoms with Crippen molar-refractivity contribution in [1.82, 2.24) is 0 Å². The van der Waals surface area contributed by atoms with Gasteiger partial charge in [-0.25, -0.2) is 0 Å². The Kier molecular flexibility index (Phi) is 4.31. The molecule has 116 valence electrons. The number of benzene rings is 2. The van der Waals surface area contributed by atoms with Gasteiger partial charge in [-0.2, -0.15) is 0 Å². The Balaban J connectivity index is 2.09. The van der Waals surface area contributed by atoms with Crippen molar-refractivity contribution in [3.8, 4) is 22.6 Å². The third-order valence-corrected chi connectivity index (χ3v) is 4.56. The lowest BCUT2D eigenvalue weighted by atomic mass is 9.99. The second-order valence-corrected chi connectivity index (χ2v) is 6.67. The zero-order valence-corrected chi connectivity index (χ0v) is 13.9. The highest BCUT2D eigenvalue weighted by atomic mass is 35.5. The second kappa shape index (κ2) is 6.24. The highest BCUT2D eigenvalue weighted by Crippen LogP contribution is 2.40. The maximum atomic E-state index is 12.3. The number of carbonyl (C=O) groups is 1. The summed E-state index contributed by atoms with van der Waals surface area (Å²) in [6.45, 7) is 0. The number of phenols is 2. The SMILES string of the molecule is O=C(c1cc(O)c(-c2cc(Cl)cc(Cl)c2)c(O)c1)c1cccs1. The monoisotopic (exact) mass is 364 g/mol. The molecule has 2 N–H and O–H groups in total. The average Bonchev–Trinajstić information content (AvgIpc) is 2.98. The Labute approximate surface area is 146 Å². The standard InChI is InChI=1S/C17H10Cl2O3S/c18-11-4-9(5-12(19)8-11)16-13(20)6-10(7-14(16)21)17(22)15-2-1-3-23-15/h1-8,20-21H. The average molecular weight is 365 g/mol. The van der Waals surface area contributed by atoms with Crippen molar-refractivity contribution in [2.45, 2.75) is 0 Å². The molecular formula is C17H10Cl2O3S. The minimum atomic E-state index is -0.263. The van der Waals surface area contributed by atoms with E-state index in [-0.39, 0.29) is 28.4 Å². The van der Waals surface area contributed by atoms with Gasteiger partial charge in [0.2, 0.25) is 5.78 Å². The molecule has 3 nitrogen and oxygen atoms in total. The van der Waals surface area contributed by atoms with Crippen LogP contribution in [-0.2, 0) is 0 Å². The Bertz CT molecular complexity index is 846. The molecule has 0 amide bonds. The summed E-state index contributed by atoms with van der Waals surface area (Å²) in [7, 11) is 0. The predicted molar refractivity (Wildman–Crippen MR) is 93.0 cm³/mol. The summed E-state index contributed by atoms with van der Waals surface area (Å²) in [5, 5.41) is 23.1. The molecule has 6 heteroatoms. The van der Waals surface area contributed by atoms with Crippen LogP contribution < -0.4 is 0 Å². The first-order valence-electron chi connectivity index (χ1n) is 6.56. The van der Waals surface area contributed by atoms with Crippen molar-refractivity contribution in [3.63, 3.8) is 0 Å². The number of hydrogen-bond acceptors (Lipinski definition) is 4. The first kappa shape index (κ1) is 15.9. The summed E-state index contributed by atoms with van der Waals surface area (Å²) >= 11 is 13.2. The van der Waals surface area contributed by atoms with Gasteiger partial charge in [-0.15, -0.1) is 11.3 Å². The van der Waals surface area contributed by atoms with Crippen LogP contribution in [0.5, 0.6) is 11.5 Å². The van der Waals surface area contributed by atoms with Gasteiger partial charge in [0.15, 0.2) is 0 Å². The number of thiophene rings is 1. The Hall–Kier alpha value is -2.01. The molecule has 3 rings (SSSR count). The third kappa shape index (κ3) is 3.20. The van der Waals surface area contributed by atoms with Crippen LogP contribution in [0, 0.1) is 0 Å². The number of aromatic hydroxyl groups is 2. The molecule has 0 spiro atoms. The van der Waals surface area contributed by atoms with Crippen molar-refractivity contribution in [2.75, 3.05) is 0 Å². The van der Waals surface area contributed by atoms with Crippen LogP contribution in [0.4, 0.5) is 0 Å². The smallest absolute Gasteiger partial charge is 0.203 e. The van der Waals surface area contributed by atoms with Crippen LogP contribution in [-0.4, -0.2) is 16.0 Å². The van der Waals surface area contributed by atoms with Crippen molar-refractivity contribution >= 4 is 40.3 Å². The van der Waals surface area contributed by atoms with E-state index in [0.717, 1.165) is 0 Å².